The summed E-state index contributed by atoms with van der Waals surface area (Å²) < 4.78 is 6.86. The molecule has 2 rings (SSSR count). The van der Waals surface area contributed by atoms with Gasteiger partial charge in [-0.25, -0.2) is 9.89 Å². The monoisotopic (exact) mass is 330 g/mol. The Morgan fingerprint density at radius 3 is 2.81 bits per heavy atom. The predicted octanol–water partition coefficient (Wildman–Crippen LogP) is 1.76. The van der Waals surface area contributed by atoms with Gasteiger partial charge in [0.05, 0.1) is 6.61 Å². The first kappa shape index (κ1) is 15.8. The second kappa shape index (κ2) is 7.41. The second-order valence-corrected chi connectivity index (χ2v) is 5.36. The fourth-order valence-corrected chi connectivity index (χ4v) is 2.50. The first-order valence-electron chi connectivity index (χ1n) is 6.51. The Hall–Kier alpha value is -1.61. The van der Waals surface area contributed by atoms with E-state index >= 15 is 0 Å². The van der Waals surface area contributed by atoms with E-state index in [2.05, 4.69) is 25.1 Å². The molecule has 0 amide bonds. The maximum absolute atomic E-state index is 11.6. The highest BCUT2D eigenvalue weighted by Crippen LogP contribution is 2.23. The summed E-state index contributed by atoms with van der Waals surface area (Å²) in [6.45, 7) is 5.01. The van der Waals surface area contributed by atoms with E-state index in [1.54, 1.807) is 0 Å². The van der Waals surface area contributed by atoms with Gasteiger partial charge in [0, 0.05) is 6.54 Å². The van der Waals surface area contributed by atoms with Gasteiger partial charge in [-0.15, -0.1) is 5.10 Å². The van der Waals surface area contributed by atoms with Gasteiger partial charge in [0.2, 0.25) is 10.4 Å². The fourth-order valence-electron chi connectivity index (χ4n) is 1.50. The molecule has 0 saturated carbocycles. The summed E-state index contributed by atoms with van der Waals surface area (Å²) in [5.74, 6) is 0. The molecule has 0 unspecified atom stereocenters. The van der Waals surface area contributed by atoms with Crippen LogP contribution < -0.4 is 10.4 Å². The summed E-state index contributed by atoms with van der Waals surface area (Å²) in [4.78, 5) is 23.7. The Morgan fingerprint density at radius 2 is 2.10 bits per heavy atom. The average molecular weight is 331 g/mol. The summed E-state index contributed by atoms with van der Waals surface area (Å²) in [5.41, 5.74) is -0.262. The van der Waals surface area contributed by atoms with E-state index in [1.165, 1.54) is 4.57 Å². The van der Waals surface area contributed by atoms with Crippen molar-refractivity contribution < 1.29 is 4.74 Å². The molecule has 0 atom stereocenters. The number of hydrogen-bond acceptors (Lipinski definition) is 7. The van der Waals surface area contributed by atoms with Crippen molar-refractivity contribution in [2.45, 2.75) is 43.5 Å². The van der Waals surface area contributed by atoms with Crippen molar-refractivity contribution in [2.24, 2.45) is 0 Å². The Bertz CT molecular complexity index is 658. The van der Waals surface area contributed by atoms with Gasteiger partial charge >= 0.3 is 11.7 Å². The van der Waals surface area contributed by atoms with Gasteiger partial charge in [-0.1, -0.05) is 13.8 Å². The third-order valence-corrected chi connectivity index (χ3v) is 3.38. The number of H-pyrrole nitrogens is 1. The van der Waals surface area contributed by atoms with Crippen LogP contribution in [0.2, 0.25) is 5.28 Å². The molecular weight excluding hydrogens is 316 g/mol. The van der Waals surface area contributed by atoms with Crippen LogP contribution in [-0.4, -0.2) is 36.3 Å². The van der Waals surface area contributed by atoms with Crippen LogP contribution in [0.5, 0.6) is 6.01 Å². The first-order chi connectivity index (χ1) is 10.1. The zero-order chi connectivity index (χ0) is 15.2. The Kier molecular flexibility index (Phi) is 5.57. The highest BCUT2D eigenvalue weighted by Gasteiger charge is 2.13. The van der Waals surface area contributed by atoms with E-state index in [9.17, 15) is 4.79 Å². The van der Waals surface area contributed by atoms with Crippen molar-refractivity contribution in [3.8, 4) is 6.01 Å². The lowest BCUT2D eigenvalue weighted by Crippen LogP contribution is -2.17. The molecule has 114 valence electrons. The molecular formula is C11H15ClN6O2S. The number of hydrogen-bond donors (Lipinski definition) is 1. The molecule has 0 fully saturated rings. The number of nitrogens with one attached hydrogen (secondary N) is 1. The molecule has 0 bridgehead atoms. The van der Waals surface area contributed by atoms with Crippen LogP contribution in [0.25, 0.3) is 0 Å². The van der Waals surface area contributed by atoms with Gasteiger partial charge in [0.15, 0.2) is 5.16 Å². The first-order valence-corrected chi connectivity index (χ1v) is 7.71. The minimum atomic E-state index is -0.262. The van der Waals surface area contributed by atoms with Crippen LogP contribution in [0.15, 0.2) is 15.1 Å². The van der Waals surface area contributed by atoms with Crippen LogP contribution in [-0.2, 0) is 6.54 Å². The predicted molar refractivity (Wildman–Crippen MR) is 77.9 cm³/mol. The Labute approximate surface area is 130 Å². The summed E-state index contributed by atoms with van der Waals surface area (Å²) in [6, 6.07) is 0.166. The molecule has 21 heavy (non-hydrogen) atoms. The molecule has 0 aromatic carbocycles. The van der Waals surface area contributed by atoms with Crippen molar-refractivity contribution in [3.05, 3.63) is 15.8 Å². The number of halogens is 1. The van der Waals surface area contributed by atoms with Crippen molar-refractivity contribution in [2.75, 3.05) is 6.61 Å². The van der Waals surface area contributed by atoms with E-state index in [1.807, 2.05) is 13.8 Å². The molecule has 8 nitrogen and oxygen atoms in total. The molecule has 0 aliphatic carbocycles. The van der Waals surface area contributed by atoms with Gasteiger partial charge in [0.25, 0.3) is 0 Å². The van der Waals surface area contributed by atoms with E-state index in [0.29, 0.717) is 23.5 Å². The Balaban J connectivity index is 2.23. The van der Waals surface area contributed by atoms with Crippen LogP contribution in [0.1, 0.15) is 26.7 Å². The van der Waals surface area contributed by atoms with Gasteiger partial charge in [0.1, 0.15) is 0 Å². The Morgan fingerprint density at radius 1 is 1.29 bits per heavy atom. The van der Waals surface area contributed by atoms with E-state index in [0.717, 1.165) is 24.6 Å². The highest BCUT2D eigenvalue weighted by molar-refractivity contribution is 7.99. The fraction of sp³-hybridized carbons (Fsp3) is 0.545. The highest BCUT2D eigenvalue weighted by atomic mass is 35.5. The van der Waals surface area contributed by atoms with Crippen molar-refractivity contribution in [1.29, 1.82) is 0 Å². The molecule has 0 spiro atoms. The molecule has 2 heterocycles. The minimum Gasteiger partial charge on any atom is -0.463 e. The number of aromatic amines is 1. The van der Waals surface area contributed by atoms with E-state index in [4.69, 9.17) is 16.3 Å². The average Bonchev–Trinajstić information content (AvgIpc) is 2.78. The van der Waals surface area contributed by atoms with Gasteiger partial charge in [-0.05, 0) is 36.2 Å². The molecule has 0 aliphatic rings. The zero-order valence-corrected chi connectivity index (χ0v) is 13.2. The largest absolute Gasteiger partial charge is 0.463 e. The third-order valence-electron chi connectivity index (χ3n) is 2.36. The van der Waals surface area contributed by atoms with Crippen molar-refractivity contribution >= 4 is 23.4 Å². The normalized spacial score (nSPS) is 10.8. The SMILES string of the molecule is CCCOc1nc(Cl)nc(Sc2n[nH]c(=O)n2CCC)n1. The number of ether oxygens (including phenoxy) is 1. The number of rotatable bonds is 7. The van der Waals surface area contributed by atoms with Gasteiger partial charge < -0.3 is 4.74 Å². The minimum absolute atomic E-state index is 0.0403. The smallest absolute Gasteiger partial charge is 0.343 e. The lowest BCUT2D eigenvalue weighted by Gasteiger charge is -2.05. The summed E-state index contributed by atoms with van der Waals surface area (Å²) in [5, 5.41) is 7.21. The molecule has 0 aliphatic heterocycles. The van der Waals surface area contributed by atoms with Crippen LogP contribution in [0, 0.1) is 0 Å². The molecule has 0 radical (unpaired) electrons. The topological polar surface area (TPSA) is 98.6 Å². The summed E-state index contributed by atoms with van der Waals surface area (Å²) in [6.07, 6.45) is 1.65. The van der Waals surface area contributed by atoms with Crippen LogP contribution in [0.4, 0.5) is 0 Å². The molecule has 0 saturated heterocycles. The van der Waals surface area contributed by atoms with Crippen molar-refractivity contribution in [1.82, 2.24) is 29.7 Å². The standard InChI is InChI=1S/C11H15ClN6O2S/c1-3-5-18-10(19)16-17-11(18)21-9-14-7(12)13-8(15-9)20-6-4-2/h3-6H2,1-2H3,(H,16,19). The van der Waals surface area contributed by atoms with Crippen LogP contribution in [0.3, 0.4) is 0 Å². The lowest BCUT2D eigenvalue weighted by molar-refractivity contribution is 0.288. The lowest BCUT2D eigenvalue weighted by atomic mass is 10.5. The number of nitrogens with zero attached hydrogens (tertiary/aromatic N) is 5. The molecule has 2 aromatic rings. The van der Waals surface area contributed by atoms with E-state index < -0.39 is 0 Å². The molecule has 10 heteroatoms. The maximum atomic E-state index is 11.6. The third kappa shape index (κ3) is 4.18. The summed E-state index contributed by atoms with van der Waals surface area (Å²) >= 11 is 6.98. The summed E-state index contributed by atoms with van der Waals surface area (Å²) in [7, 11) is 0. The number of aromatic nitrogens is 6. The van der Waals surface area contributed by atoms with Crippen LogP contribution >= 0.6 is 23.4 Å². The molecule has 1 N–H and O–H groups in total. The molecule has 2 aromatic heterocycles. The second-order valence-electron chi connectivity index (χ2n) is 4.08. The van der Waals surface area contributed by atoms with Crippen molar-refractivity contribution in [3.63, 3.8) is 0 Å². The van der Waals surface area contributed by atoms with Gasteiger partial charge in [-0.2, -0.15) is 15.0 Å². The quantitative estimate of drug-likeness (QED) is 0.825. The van der Waals surface area contributed by atoms with E-state index in [-0.39, 0.29) is 17.0 Å². The van der Waals surface area contributed by atoms with Gasteiger partial charge in [-0.3, -0.25) is 4.57 Å². The maximum Gasteiger partial charge on any atom is 0.343 e. The zero-order valence-electron chi connectivity index (χ0n) is 11.7.